The second-order valence-corrected chi connectivity index (χ2v) is 3.77. The number of aliphatic hydroxyl groups excluding tert-OH is 1. The molecule has 2 nitrogen and oxygen atoms in total. The van der Waals surface area contributed by atoms with Crippen LogP contribution in [-0.4, -0.2) is 11.2 Å². The third-order valence-electron chi connectivity index (χ3n) is 2.94. The predicted molar refractivity (Wildman–Crippen MR) is 53.7 cm³/mol. The Hall–Kier alpha value is -1.33. The van der Waals surface area contributed by atoms with Crippen LogP contribution in [-0.2, 0) is 6.42 Å². The highest BCUT2D eigenvalue weighted by molar-refractivity contribution is 5.35. The fourth-order valence-electron chi connectivity index (χ4n) is 2.23. The van der Waals surface area contributed by atoms with E-state index in [1.54, 1.807) is 0 Å². The summed E-state index contributed by atoms with van der Waals surface area (Å²) >= 11 is 0. The van der Waals surface area contributed by atoms with Crippen LogP contribution in [0.5, 0.6) is 0 Å². The van der Waals surface area contributed by atoms with Crippen LogP contribution in [0, 0.1) is 11.3 Å². The zero-order chi connectivity index (χ0) is 9.97. The minimum Gasteiger partial charge on any atom is -0.391 e. The van der Waals surface area contributed by atoms with Gasteiger partial charge in [-0.1, -0.05) is 24.3 Å². The van der Waals surface area contributed by atoms with Crippen molar-refractivity contribution in [1.29, 1.82) is 5.26 Å². The van der Waals surface area contributed by atoms with E-state index in [9.17, 15) is 5.11 Å². The predicted octanol–water partition coefficient (Wildman–Crippen LogP) is 1.99. The average Bonchev–Trinajstić information content (AvgIpc) is 2.61. The Morgan fingerprint density at radius 3 is 3.07 bits per heavy atom. The smallest absolute Gasteiger partial charge is 0.0738 e. The fraction of sp³-hybridized carbons (Fsp3) is 0.417. The van der Waals surface area contributed by atoms with E-state index < -0.39 is 6.10 Å². The zero-order valence-corrected chi connectivity index (χ0v) is 7.98. The third-order valence-corrected chi connectivity index (χ3v) is 2.94. The van der Waals surface area contributed by atoms with Crippen molar-refractivity contribution in [1.82, 2.24) is 0 Å². The molecule has 1 aliphatic carbocycles. The van der Waals surface area contributed by atoms with Gasteiger partial charge in [0.05, 0.1) is 18.6 Å². The molecule has 0 saturated carbocycles. The minimum atomic E-state index is -0.497. The number of benzene rings is 1. The van der Waals surface area contributed by atoms with Crippen molar-refractivity contribution >= 4 is 0 Å². The standard InChI is InChI=1S/C12H13NO/c13-8-7-12(14)11-6-5-9-3-1-2-4-10(9)11/h1-4,11-12,14H,5-7H2. The number of nitrogens with zero attached hydrogens (tertiary/aromatic N) is 1. The topological polar surface area (TPSA) is 44.0 Å². The van der Waals surface area contributed by atoms with E-state index >= 15 is 0 Å². The molecule has 2 atom stereocenters. The van der Waals surface area contributed by atoms with Gasteiger partial charge in [0, 0.05) is 5.92 Å². The number of aryl methyl sites for hydroxylation is 1. The molecule has 0 radical (unpaired) electrons. The molecule has 0 amide bonds. The molecule has 0 aliphatic heterocycles. The lowest BCUT2D eigenvalue weighted by atomic mass is 9.94. The van der Waals surface area contributed by atoms with Gasteiger partial charge in [0.25, 0.3) is 0 Å². The Kier molecular flexibility index (Phi) is 2.51. The summed E-state index contributed by atoms with van der Waals surface area (Å²) in [5.41, 5.74) is 2.56. The van der Waals surface area contributed by atoms with Gasteiger partial charge >= 0.3 is 0 Å². The summed E-state index contributed by atoms with van der Waals surface area (Å²) in [6, 6.07) is 10.2. The number of nitriles is 1. The van der Waals surface area contributed by atoms with Crippen molar-refractivity contribution in [2.75, 3.05) is 0 Å². The van der Waals surface area contributed by atoms with E-state index in [-0.39, 0.29) is 12.3 Å². The minimum absolute atomic E-state index is 0.172. The number of aliphatic hydroxyl groups is 1. The average molecular weight is 187 g/mol. The van der Waals surface area contributed by atoms with Gasteiger partial charge in [-0.15, -0.1) is 0 Å². The van der Waals surface area contributed by atoms with E-state index in [1.807, 2.05) is 18.2 Å². The van der Waals surface area contributed by atoms with Gasteiger partial charge in [-0.2, -0.15) is 5.26 Å². The molecule has 0 bridgehead atoms. The third kappa shape index (κ3) is 1.51. The van der Waals surface area contributed by atoms with Gasteiger partial charge in [0.1, 0.15) is 0 Å². The highest BCUT2D eigenvalue weighted by atomic mass is 16.3. The van der Waals surface area contributed by atoms with Crippen LogP contribution in [0.1, 0.15) is 29.9 Å². The van der Waals surface area contributed by atoms with Crippen LogP contribution in [0.25, 0.3) is 0 Å². The Balaban J connectivity index is 2.22. The molecule has 1 N–H and O–H groups in total. The Morgan fingerprint density at radius 2 is 2.29 bits per heavy atom. The van der Waals surface area contributed by atoms with Crippen LogP contribution in [0.3, 0.4) is 0 Å². The van der Waals surface area contributed by atoms with Gasteiger partial charge in [0.15, 0.2) is 0 Å². The van der Waals surface area contributed by atoms with Crippen molar-refractivity contribution in [3.8, 4) is 6.07 Å². The highest BCUT2D eigenvalue weighted by Gasteiger charge is 2.27. The van der Waals surface area contributed by atoms with Crippen LogP contribution >= 0.6 is 0 Å². The summed E-state index contributed by atoms with van der Waals surface area (Å²) in [5.74, 6) is 0.172. The normalized spacial score (nSPS) is 21.3. The molecule has 72 valence electrons. The summed E-state index contributed by atoms with van der Waals surface area (Å²) < 4.78 is 0. The molecule has 0 saturated heterocycles. The molecule has 1 aliphatic rings. The maximum Gasteiger partial charge on any atom is 0.0738 e. The van der Waals surface area contributed by atoms with Crippen LogP contribution in [0.4, 0.5) is 0 Å². The van der Waals surface area contributed by atoms with Crippen molar-refractivity contribution in [3.63, 3.8) is 0 Å². The quantitative estimate of drug-likeness (QED) is 0.769. The Labute approximate surface area is 83.8 Å². The van der Waals surface area contributed by atoms with Gasteiger partial charge in [0.2, 0.25) is 0 Å². The largest absolute Gasteiger partial charge is 0.391 e. The first-order valence-electron chi connectivity index (χ1n) is 4.95. The second-order valence-electron chi connectivity index (χ2n) is 3.77. The van der Waals surface area contributed by atoms with Gasteiger partial charge in [-0.25, -0.2) is 0 Å². The van der Waals surface area contributed by atoms with E-state index in [0.29, 0.717) is 0 Å². The fourth-order valence-corrected chi connectivity index (χ4v) is 2.23. The molecule has 0 fully saturated rings. The molecule has 1 aromatic carbocycles. The first-order valence-corrected chi connectivity index (χ1v) is 4.95. The molecule has 14 heavy (non-hydrogen) atoms. The lowest BCUT2D eigenvalue weighted by molar-refractivity contribution is 0.147. The molecule has 2 rings (SSSR count). The molecule has 0 heterocycles. The number of rotatable bonds is 2. The molecule has 1 aromatic rings. The summed E-state index contributed by atoms with van der Waals surface area (Å²) in [6.07, 6.45) is 1.74. The second kappa shape index (κ2) is 3.81. The van der Waals surface area contributed by atoms with Crippen molar-refractivity contribution < 1.29 is 5.11 Å². The maximum absolute atomic E-state index is 9.77. The lowest BCUT2D eigenvalue weighted by Gasteiger charge is -2.16. The molecular formula is C12H13NO. The zero-order valence-electron chi connectivity index (χ0n) is 7.98. The lowest BCUT2D eigenvalue weighted by Crippen LogP contribution is -2.15. The number of hydrogen-bond acceptors (Lipinski definition) is 2. The monoisotopic (exact) mass is 187 g/mol. The van der Waals surface area contributed by atoms with E-state index in [4.69, 9.17) is 5.26 Å². The van der Waals surface area contributed by atoms with Crippen molar-refractivity contribution in [2.45, 2.75) is 31.3 Å². The van der Waals surface area contributed by atoms with Crippen LogP contribution in [0.15, 0.2) is 24.3 Å². The molecule has 0 aromatic heterocycles. The maximum atomic E-state index is 9.77. The van der Waals surface area contributed by atoms with Crippen molar-refractivity contribution in [3.05, 3.63) is 35.4 Å². The van der Waals surface area contributed by atoms with E-state index in [0.717, 1.165) is 12.8 Å². The summed E-state index contributed by atoms with van der Waals surface area (Å²) in [6.45, 7) is 0. The first-order chi connectivity index (χ1) is 6.83. The van der Waals surface area contributed by atoms with Crippen LogP contribution < -0.4 is 0 Å². The van der Waals surface area contributed by atoms with Gasteiger partial charge in [-0.3, -0.25) is 0 Å². The summed E-state index contributed by atoms with van der Waals surface area (Å²) in [5, 5.41) is 18.3. The highest BCUT2D eigenvalue weighted by Crippen LogP contribution is 2.35. The summed E-state index contributed by atoms with van der Waals surface area (Å²) in [7, 11) is 0. The molecule has 2 unspecified atom stereocenters. The van der Waals surface area contributed by atoms with Crippen LogP contribution in [0.2, 0.25) is 0 Å². The molecular weight excluding hydrogens is 174 g/mol. The SMILES string of the molecule is N#CCC(O)C1CCc2ccccc21. The number of fused-ring (bicyclic) bond motifs is 1. The van der Waals surface area contributed by atoms with Gasteiger partial charge < -0.3 is 5.11 Å². The van der Waals surface area contributed by atoms with E-state index in [2.05, 4.69) is 12.1 Å². The Bertz CT molecular complexity index is 367. The van der Waals surface area contributed by atoms with Crippen molar-refractivity contribution in [2.24, 2.45) is 0 Å². The van der Waals surface area contributed by atoms with Gasteiger partial charge in [-0.05, 0) is 24.0 Å². The Morgan fingerprint density at radius 1 is 1.50 bits per heavy atom. The summed E-state index contributed by atoms with van der Waals surface area (Å²) in [4.78, 5) is 0. The number of hydrogen-bond donors (Lipinski definition) is 1. The molecule has 0 spiro atoms. The van der Waals surface area contributed by atoms with E-state index in [1.165, 1.54) is 11.1 Å². The first kappa shape index (κ1) is 9.23. The molecule has 2 heteroatoms.